The maximum Gasteiger partial charge on any atom is 0.0931 e. The SMILES string of the molecule is CNC(c1ccc(Cl)s1)C1(CN)CC1. The van der Waals surface area contributed by atoms with Crippen LogP contribution in [0, 0.1) is 5.41 Å². The first-order chi connectivity index (χ1) is 6.72. The third-order valence-corrected chi connectivity index (χ3v) is 4.37. The molecule has 0 amide bonds. The van der Waals surface area contributed by atoms with Gasteiger partial charge in [-0.15, -0.1) is 11.3 Å². The van der Waals surface area contributed by atoms with Gasteiger partial charge in [-0.05, 0) is 38.6 Å². The highest BCUT2D eigenvalue weighted by Gasteiger charge is 2.48. The Morgan fingerprint density at radius 1 is 1.64 bits per heavy atom. The molecular weight excluding hydrogens is 216 g/mol. The topological polar surface area (TPSA) is 38.0 Å². The van der Waals surface area contributed by atoms with E-state index in [1.807, 2.05) is 13.1 Å². The predicted molar refractivity (Wildman–Crippen MR) is 61.9 cm³/mol. The third-order valence-electron chi connectivity index (χ3n) is 3.08. The van der Waals surface area contributed by atoms with Gasteiger partial charge in [-0.25, -0.2) is 0 Å². The summed E-state index contributed by atoms with van der Waals surface area (Å²) in [6.45, 7) is 0.758. The fraction of sp³-hybridized carbons (Fsp3) is 0.600. The number of hydrogen-bond donors (Lipinski definition) is 2. The summed E-state index contributed by atoms with van der Waals surface area (Å²) in [5, 5.41) is 3.36. The zero-order valence-corrected chi connectivity index (χ0v) is 9.79. The largest absolute Gasteiger partial charge is 0.330 e. The van der Waals surface area contributed by atoms with E-state index in [9.17, 15) is 0 Å². The molecule has 1 aromatic rings. The molecule has 1 fully saturated rings. The number of nitrogens with two attached hydrogens (primary N) is 1. The van der Waals surface area contributed by atoms with Crippen molar-refractivity contribution in [1.29, 1.82) is 0 Å². The van der Waals surface area contributed by atoms with E-state index in [1.165, 1.54) is 17.7 Å². The predicted octanol–water partition coefficient (Wildman–Crippen LogP) is 2.40. The van der Waals surface area contributed by atoms with Crippen molar-refractivity contribution in [3.8, 4) is 0 Å². The van der Waals surface area contributed by atoms with Crippen molar-refractivity contribution in [1.82, 2.24) is 5.32 Å². The number of thiophene rings is 1. The van der Waals surface area contributed by atoms with E-state index in [0.29, 0.717) is 11.5 Å². The maximum absolute atomic E-state index is 5.93. The molecule has 14 heavy (non-hydrogen) atoms. The number of nitrogens with one attached hydrogen (secondary N) is 1. The average Bonchev–Trinajstić information content (AvgIpc) is 2.86. The standard InChI is InChI=1S/C10H15ClN2S/c1-13-9(10(6-12)4-5-10)7-2-3-8(11)14-7/h2-3,9,13H,4-6,12H2,1H3. The summed E-state index contributed by atoms with van der Waals surface area (Å²) < 4.78 is 0.855. The van der Waals surface area contributed by atoms with Gasteiger partial charge in [-0.1, -0.05) is 11.6 Å². The Kier molecular flexibility index (Phi) is 2.84. The molecule has 3 N–H and O–H groups in total. The van der Waals surface area contributed by atoms with Crippen LogP contribution in [0.3, 0.4) is 0 Å². The van der Waals surface area contributed by atoms with Crippen LogP contribution in [0.15, 0.2) is 12.1 Å². The van der Waals surface area contributed by atoms with Crippen LogP contribution >= 0.6 is 22.9 Å². The Bertz CT molecular complexity index is 320. The normalized spacial score (nSPS) is 20.8. The number of rotatable bonds is 4. The van der Waals surface area contributed by atoms with Gasteiger partial charge in [0.2, 0.25) is 0 Å². The van der Waals surface area contributed by atoms with E-state index < -0.39 is 0 Å². The number of hydrogen-bond acceptors (Lipinski definition) is 3. The van der Waals surface area contributed by atoms with Crippen LogP contribution < -0.4 is 11.1 Å². The Balaban J connectivity index is 2.22. The lowest BCUT2D eigenvalue weighted by atomic mass is 9.95. The monoisotopic (exact) mass is 230 g/mol. The minimum Gasteiger partial charge on any atom is -0.330 e. The zero-order valence-electron chi connectivity index (χ0n) is 8.22. The van der Waals surface area contributed by atoms with Crippen molar-refractivity contribution in [3.05, 3.63) is 21.3 Å². The van der Waals surface area contributed by atoms with E-state index in [4.69, 9.17) is 17.3 Å². The molecule has 2 nitrogen and oxygen atoms in total. The highest BCUT2D eigenvalue weighted by Crippen LogP contribution is 2.55. The van der Waals surface area contributed by atoms with Gasteiger partial charge in [0.25, 0.3) is 0 Å². The molecule has 1 atom stereocenters. The van der Waals surface area contributed by atoms with Crippen LogP contribution in [-0.2, 0) is 0 Å². The molecule has 1 aliphatic carbocycles. The summed E-state index contributed by atoms with van der Waals surface area (Å²) in [5.74, 6) is 0. The molecule has 78 valence electrons. The van der Waals surface area contributed by atoms with E-state index in [1.54, 1.807) is 11.3 Å². The quantitative estimate of drug-likeness (QED) is 0.834. The minimum absolute atomic E-state index is 0.295. The van der Waals surface area contributed by atoms with Crippen molar-refractivity contribution < 1.29 is 0 Å². The zero-order chi connectivity index (χ0) is 10.2. The average molecular weight is 231 g/mol. The molecule has 0 spiro atoms. The van der Waals surface area contributed by atoms with E-state index in [2.05, 4.69) is 11.4 Å². The first kappa shape index (κ1) is 10.4. The van der Waals surface area contributed by atoms with Crippen LogP contribution in [0.5, 0.6) is 0 Å². The first-order valence-corrected chi connectivity index (χ1v) is 6.04. The smallest absolute Gasteiger partial charge is 0.0931 e. The highest BCUT2D eigenvalue weighted by molar-refractivity contribution is 7.16. The van der Waals surface area contributed by atoms with E-state index in [-0.39, 0.29) is 0 Å². The molecule has 1 aromatic heterocycles. The summed E-state index contributed by atoms with van der Waals surface area (Å²) in [5.41, 5.74) is 6.12. The van der Waals surface area contributed by atoms with Gasteiger partial charge in [-0.2, -0.15) is 0 Å². The van der Waals surface area contributed by atoms with Crippen LogP contribution in [0.1, 0.15) is 23.8 Å². The summed E-state index contributed by atoms with van der Waals surface area (Å²) >= 11 is 7.58. The van der Waals surface area contributed by atoms with Crippen LogP contribution in [0.4, 0.5) is 0 Å². The third kappa shape index (κ3) is 1.70. The molecule has 0 aliphatic heterocycles. The Morgan fingerprint density at radius 2 is 2.36 bits per heavy atom. The minimum atomic E-state index is 0.295. The summed E-state index contributed by atoms with van der Waals surface area (Å²) in [7, 11) is 1.99. The van der Waals surface area contributed by atoms with Crippen molar-refractivity contribution >= 4 is 22.9 Å². The maximum atomic E-state index is 5.93. The molecule has 1 aliphatic rings. The Morgan fingerprint density at radius 3 is 2.71 bits per heavy atom. The molecular formula is C10H15ClN2S. The molecule has 1 heterocycles. The second-order valence-corrected chi connectivity index (χ2v) is 5.68. The van der Waals surface area contributed by atoms with Gasteiger partial charge in [0.05, 0.1) is 4.34 Å². The van der Waals surface area contributed by atoms with Gasteiger partial charge in [0.15, 0.2) is 0 Å². The van der Waals surface area contributed by atoms with Gasteiger partial charge < -0.3 is 11.1 Å². The fourth-order valence-electron chi connectivity index (χ4n) is 2.00. The molecule has 0 aromatic carbocycles. The molecule has 0 bridgehead atoms. The van der Waals surface area contributed by atoms with Gasteiger partial charge in [-0.3, -0.25) is 0 Å². The van der Waals surface area contributed by atoms with Crippen molar-refractivity contribution in [3.63, 3.8) is 0 Å². The van der Waals surface area contributed by atoms with E-state index in [0.717, 1.165) is 10.9 Å². The summed E-state index contributed by atoms with van der Waals surface area (Å²) in [6.07, 6.45) is 2.45. The fourth-order valence-corrected chi connectivity index (χ4v) is 3.32. The highest BCUT2D eigenvalue weighted by atomic mass is 35.5. The lowest BCUT2D eigenvalue weighted by molar-refractivity contribution is 0.372. The van der Waals surface area contributed by atoms with Crippen LogP contribution in [-0.4, -0.2) is 13.6 Å². The van der Waals surface area contributed by atoms with Gasteiger partial charge >= 0.3 is 0 Å². The second-order valence-electron chi connectivity index (χ2n) is 3.93. The summed E-state index contributed by atoms with van der Waals surface area (Å²) in [6, 6.07) is 4.44. The number of halogens is 1. The molecule has 0 radical (unpaired) electrons. The molecule has 1 saturated carbocycles. The lowest BCUT2D eigenvalue weighted by Gasteiger charge is -2.24. The van der Waals surface area contributed by atoms with Gasteiger partial charge in [0, 0.05) is 16.3 Å². The molecule has 4 heteroatoms. The summed E-state index contributed by atoms with van der Waals surface area (Å²) in [4.78, 5) is 1.31. The van der Waals surface area contributed by atoms with Crippen molar-refractivity contribution in [2.24, 2.45) is 11.1 Å². The van der Waals surface area contributed by atoms with Crippen molar-refractivity contribution in [2.75, 3.05) is 13.6 Å². The van der Waals surface area contributed by atoms with Crippen LogP contribution in [0.2, 0.25) is 4.34 Å². The van der Waals surface area contributed by atoms with E-state index >= 15 is 0 Å². The Labute approximate surface area is 93.4 Å². The van der Waals surface area contributed by atoms with Crippen molar-refractivity contribution in [2.45, 2.75) is 18.9 Å². The lowest BCUT2D eigenvalue weighted by Crippen LogP contribution is -2.31. The first-order valence-electron chi connectivity index (χ1n) is 4.84. The molecule has 0 saturated heterocycles. The molecule has 2 rings (SSSR count). The van der Waals surface area contributed by atoms with Crippen LogP contribution in [0.25, 0.3) is 0 Å². The van der Waals surface area contributed by atoms with Gasteiger partial charge in [0.1, 0.15) is 0 Å². The molecule has 1 unspecified atom stereocenters. The Hall–Kier alpha value is -0.0900. The second kappa shape index (κ2) is 3.81.